The summed E-state index contributed by atoms with van der Waals surface area (Å²) in [6.07, 6.45) is 3.92. The Labute approximate surface area is 263 Å². The molecular formula is C44H31N. The van der Waals surface area contributed by atoms with Gasteiger partial charge in [-0.2, -0.15) is 0 Å². The number of rotatable bonds is 5. The molecule has 0 bridgehead atoms. The zero-order valence-corrected chi connectivity index (χ0v) is 25.2. The molecule has 8 rings (SSSR count). The molecule has 1 nitrogen and oxygen atoms in total. The molecule has 1 heteroatoms. The van der Waals surface area contributed by atoms with Gasteiger partial charge in [0, 0.05) is 5.56 Å². The lowest BCUT2D eigenvalue weighted by molar-refractivity contribution is 1.28. The second-order valence-corrected chi connectivity index (χ2v) is 11.5. The van der Waals surface area contributed by atoms with Crippen molar-refractivity contribution >= 4 is 48.7 Å². The van der Waals surface area contributed by atoms with Crippen LogP contribution in [0.15, 0.2) is 164 Å². The quantitative estimate of drug-likeness (QED) is 0.147. The van der Waals surface area contributed by atoms with E-state index in [2.05, 4.69) is 152 Å². The Morgan fingerprint density at radius 3 is 1.62 bits per heavy atom. The molecule has 0 fully saturated rings. The first-order valence-electron chi connectivity index (χ1n) is 15.5. The molecule has 0 N–H and O–H groups in total. The summed E-state index contributed by atoms with van der Waals surface area (Å²) in [4.78, 5) is 5.07. The van der Waals surface area contributed by atoms with Gasteiger partial charge in [0.25, 0.3) is 0 Å². The van der Waals surface area contributed by atoms with E-state index in [1.807, 2.05) is 19.1 Å². The summed E-state index contributed by atoms with van der Waals surface area (Å²) in [5, 5.41) is 9.90. The van der Waals surface area contributed by atoms with E-state index < -0.39 is 0 Å². The third-order valence-corrected chi connectivity index (χ3v) is 8.97. The van der Waals surface area contributed by atoms with Gasteiger partial charge in [-0.25, -0.2) is 4.98 Å². The summed E-state index contributed by atoms with van der Waals surface area (Å²) < 4.78 is 0. The molecule has 212 valence electrons. The van der Waals surface area contributed by atoms with Crippen molar-refractivity contribution in [3.8, 4) is 33.5 Å². The molecule has 7 aromatic carbocycles. The Bertz CT molecular complexity index is 2460. The first-order chi connectivity index (χ1) is 22.2. The molecule has 1 aromatic heterocycles. The fourth-order valence-electron chi connectivity index (χ4n) is 6.78. The van der Waals surface area contributed by atoms with Crippen LogP contribution in [0.5, 0.6) is 0 Å². The summed E-state index contributed by atoms with van der Waals surface area (Å²) in [5.41, 5.74) is 8.92. The van der Waals surface area contributed by atoms with Crippen molar-refractivity contribution in [2.75, 3.05) is 0 Å². The van der Waals surface area contributed by atoms with Gasteiger partial charge in [0.15, 0.2) is 0 Å². The number of allylic oxidation sites excluding steroid dienone is 3. The van der Waals surface area contributed by atoms with E-state index in [-0.39, 0.29) is 0 Å². The standard InChI is InChI=1S/C44H31N/c1-3-29(4-2)41-18-11-19-42(45-41)34-24-25-39-40(28-34)44(36-23-21-31-13-6-8-15-33(31)27-36)38-17-10-9-16-37(38)43(39)35-22-20-30-12-5-7-14-32(30)26-35/h3-28H,1H2,2H3/b29-4+. The second-order valence-electron chi connectivity index (χ2n) is 11.5. The Balaban J connectivity index is 1.47. The number of nitrogens with zero attached hydrogens (tertiary/aromatic N) is 1. The summed E-state index contributed by atoms with van der Waals surface area (Å²) in [7, 11) is 0. The molecule has 0 saturated carbocycles. The second kappa shape index (κ2) is 11.0. The normalized spacial score (nSPS) is 11.9. The average Bonchev–Trinajstić information content (AvgIpc) is 3.10. The van der Waals surface area contributed by atoms with E-state index in [0.717, 1.165) is 22.5 Å². The van der Waals surface area contributed by atoms with Crippen LogP contribution in [0.4, 0.5) is 0 Å². The maximum atomic E-state index is 5.07. The van der Waals surface area contributed by atoms with Gasteiger partial charge in [-0.3, -0.25) is 0 Å². The van der Waals surface area contributed by atoms with E-state index >= 15 is 0 Å². The monoisotopic (exact) mass is 573 g/mol. The zero-order valence-electron chi connectivity index (χ0n) is 25.2. The molecule has 0 aliphatic carbocycles. The number of benzene rings is 7. The summed E-state index contributed by atoms with van der Waals surface area (Å²) in [6, 6.07) is 52.8. The summed E-state index contributed by atoms with van der Waals surface area (Å²) >= 11 is 0. The van der Waals surface area contributed by atoms with Crippen molar-refractivity contribution in [1.82, 2.24) is 4.98 Å². The van der Waals surface area contributed by atoms with Crippen LogP contribution < -0.4 is 0 Å². The van der Waals surface area contributed by atoms with Crippen LogP contribution in [-0.4, -0.2) is 4.98 Å². The SMILES string of the molecule is C=C/C(=C\C)c1cccc(-c2ccc3c(-c4ccc5ccccc5c4)c4ccccc4c(-c4ccc5ccccc5c4)c3c2)n1. The zero-order chi connectivity index (χ0) is 30.3. The Kier molecular flexibility index (Phi) is 6.58. The summed E-state index contributed by atoms with van der Waals surface area (Å²) in [6.45, 7) is 6.02. The molecule has 0 atom stereocenters. The molecule has 0 saturated heterocycles. The highest BCUT2D eigenvalue weighted by Gasteiger charge is 2.18. The van der Waals surface area contributed by atoms with Crippen LogP contribution in [0.3, 0.4) is 0 Å². The minimum atomic E-state index is 0.926. The molecule has 0 unspecified atom stereocenters. The highest BCUT2D eigenvalue weighted by atomic mass is 14.7. The largest absolute Gasteiger partial charge is 0.248 e. The van der Waals surface area contributed by atoms with Gasteiger partial charge in [0.1, 0.15) is 0 Å². The minimum absolute atomic E-state index is 0.926. The smallest absolute Gasteiger partial charge is 0.0709 e. The van der Waals surface area contributed by atoms with Gasteiger partial charge in [0.05, 0.1) is 11.4 Å². The highest BCUT2D eigenvalue weighted by Crippen LogP contribution is 2.45. The van der Waals surface area contributed by atoms with Crippen LogP contribution in [0.2, 0.25) is 0 Å². The van der Waals surface area contributed by atoms with E-state index in [9.17, 15) is 0 Å². The van der Waals surface area contributed by atoms with Crippen molar-refractivity contribution < 1.29 is 0 Å². The molecular weight excluding hydrogens is 542 g/mol. The van der Waals surface area contributed by atoms with Gasteiger partial charge in [-0.1, -0.05) is 134 Å². The van der Waals surface area contributed by atoms with Crippen molar-refractivity contribution in [2.45, 2.75) is 6.92 Å². The highest BCUT2D eigenvalue weighted by molar-refractivity contribution is 6.22. The minimum Gasteiger partial charge on any atom is -0.248 e. The van der Waals surface area contributed by atoms with Crippen LogP contribution in [-0.2, 0) is 0 Å². The molecule has 0 aliphatic heterocycles. The van der Waals surface area contributed by atoms with Gasteiger partial charge in [-0.15, -0.1) is 0 Å². The van der Waals surface area contributed by atoms with Crippen LogP contribution in [0, 0.1) is 0 Å². The first-order valence-corrected chi connectivity index (χ1v) is 15.5. The molecule has 0 amide bonds. The lowest BCUT2D eigenvalue weighted by Crippen LogP contribution is -1.94. The Morgan fingerprint density at radius 1 is 0.489 bits per heavy atom. The van der Waals surface area contributed by atoms with E-state index in [0.29, 0.717) is 0 Å². The van der Waals surface area contributed by atoms with E-state index in [1.165, 1.54) is 65.3 Å². The fourth-order valence-corrected chi connectivity index (χ4v) is 6.78. The van der Waals surface area contributed by atoms with Gasteiger partial charge in [0.2, 0.25) is 0 Å². The molecule has 0 aliphatic rings. The summed E-state index contributed by atoms with van der Waals surface area (Å²) in [5.74, 6) is 0. The van der Waals surface area contributed by atoms with Gasteiger partial charge in [-0.05, 0) is 108 Å². The number of fused-ring (bicyclic) bond motifs is 4. The lowest BCUT2D eigenvalue weighted by atomic mass is 9.84. The number of hydrogen-bond donors (Lipinski definition) is 0. The van der Waals surface area contributed by atoms with Crippen molar-refractivity contribution in [3.63, 3.8) is 0 Å². The third-order valence-electron chi connectivity index (χ3n) is 8.97. The molecule has 0 spiro atoms. The number of hydrogen-bond acceptors (Lipinski definition) is 1. The predicted molar refractivity (Wildman–Crippen MR) is 194 cm³/mol. The molecule has 0 radical (unpaired) electrons. The number of pyridine rings is 1. The molecule has 1 heterocycles. The van der Waals surface area contributed by atoms with Crippen LogP contribution in [0.1, 0.15) is 12.6 Å². The topological polar surface area (TPSA) is 12.9 Å². The molecule has 45 heavy (non-hydrogen) atoms. The maximum absolute atomic E-state index is 5.07. The van der Waals surface area contributed by atoms with E-state index in [4.69, 9.17) is 4.98 Å². The third kappa shape index (κ3) is 4.61. The Morgan fingerprint density at radius 2 is 1.02 bits per heavy atom. The van der Waals surface area contributed by atoms with E-state index in [1.54, 1.807) is 0 Å². The molecule has 8 aromatic rings. The van der Waals surface area contributed by atoms with Crippen molar-refractivity contribution in [2.24, 2.45) is 0 Å². The number of aromatic nitrogens is 1. The van der Waals surface area contributed by atoms with Crippen molar-refractivity contribution in [3.05, 3.63) is 170 Å². The fraction of sp³-hybridized carbons (Fsp3) is 0.0227. The average molecular weight is 574 g/mol. The predicted octanol–water partition coefficient (Wildman–Crippen LogP) is 12.3. The van der Waals surface area contributed by atoms with Crippen molar-refractivity contribution in [1.29, 1.82) is 0 Å². The van der Waals surface area contributed by atoms with Crippen LogP contribution >= 0.6 is 0 Å². The Hall–Kier alpha value is -5.79. The lowest BCUT2D eigenvalue weighted by Gasteiger charge is -2.19. The first kappa shape index (κ1) is 26.8. The maximum Gasteiger partial charge on any atom is 0.0709 e. The van der Waals surface area contributed by atoms with Gasteiger partial charge >= 0.3 is 0 Å². The van der Waals surface area contributed by atoms with Gasteiger partial charge < -0.3 is 0 Å². The van der Waals surface area contributed by atoms with Crippen LogP contribution in [0.25, 0.3) is 82.2 Å².